The predicted octanol–water partition coefficient (Wildman–Crippen LogP) is 4.81. The molecule has 0 fully saturated rings. The minimum absolute atomic E-state index is 1.04. The quantitative estimate of drug-likeness (QED) is 0.577. The summed E-state index contributed by atoms with van der Waals surface area (Å²) in [4.78, 5) is 4.74. The summed E-state index contributed by atoms with van der Waals surface area (Å²) in [5.41, 5.74) is 4.54. The summed E-state index contributed by atoms with van der Waals surface area (Å²) >= 11 is 2.38. The number of nitrogens with zero attached hydrogens (tertiary/aromatic N) is 1. The molecule has 0 bridgehead atoms. The zero-order valence-corrected chi connectivity index (χ0v) is 12.2. The molecular weight excluding hydrogens is 333 g/mol. The molecule has 88 valence electrons. The minimum atomic E-state index is 1.04. The zero-order chi connectivity index (χ0) is 12.5. The Hall–Kier alpha value is -1.42. The summed E-state index contributed by atoms with van der Waals surface area (Å²) < 4.78 is 1.25. The lowest BCUT2D eigenvalue weighted by atomic mass is 10.1. The summed E-state index contributed by atoms with van der Waals surface area (Å²) in [7, 11) is 0. The van der Waals surface area contributed by atoms with E-state index in [9.17, 15) is 0 Å². The first-order valence-corrected chi connectivity index (χ1v) is 6.94. The van der Waals surface area contributed by atoms with Gasteiger partial charge in [0.05, 0.1) is 11.2 Å². The van der Waals surface area contributed by atoms with Gasteiger partial charge < -0.3 is 0 Å². The number of para-hydroxylation sites is 1. The lowest BCUT2D eigenvalue weighted by molar-refractivity contribution is 1.37. The summed E-state index contributed by atoms with van der Waals surface area (Å²) in [5, 5.41) is 1.22. The molecule has 1 heterocycles. The summed E-state index contributed by atoms with van der Waals surface area (Å²) in [6, 6.07) is 18.9. The fourth-order valence-electron chi connectivity index (χ4n) is 2.09. The molecule has 0 aliphatic carbocycles. The Morgan fingerprint density at radius 1 is 0.944 bits per heavy atom. The second-order valence-electron chi connectivity index (χ2n) is 4.38. The van der Waals surface area contributed by atoms with Crippen molar-refractivity contribution in [2.24, 2.45) is 0 Å². The molecular formula is C16H12IN. The van der Waals surface area contributed by atoms with E-state index in [0.717, 1.165) is 11.2 Å². The average molecular weight is 345 g/mol. The molecule has 0 aliphatic rings. The van der Waals surface area contributed by atoms with Crippen LogP contribution in [0, 0.1) is 10.5 Å². The van der Waals surface area contributed by atoms with Crippen molar-refractivity contribution in [1.29, 1.82) is 0 Å². The Balaban J connectivity index is 2.24. The van der Waals surface area contributed by atoms with E-state index in [1.54, 1.807) is 0 Å². The molecule has 0 N–H and O–H groups in total. The summed E-state index contributed by atoms with van der Waals surface area (Å²) in [5.74, 6) is 0. The zero-order valence-electron chi connectivity index (χ0n) is 10.0. The summed E-state index contributed by atoms with van der Waals surface area (Å²) in [6.07, 6.45) is 0. The van der Waals surface area contributed by atoms with Gasteiger partial charge in [-0.3, -0.25) is 0 Å². The van der Waals surface area contributed by atoms with Gasteiger partial charge in [-0.2, -0.15) is 0 Å². The highest BCUT2D eigenvalue weighted by molar-refractivity contribution is 14.1. The molecule has 0 unspecified atom stereocenters. The van der Waals surface area contributed by atoms with Crippen molar-refractivity contribution in [1.82, 2.24) is 4.98 Å². The third-order valence-corrected chi connectivity index (χ3v) is 3.87. The first-order chi connectivity index (χ1) is 8.74. The second kappa shape index (κ2) is 4.69. The van der Waals surface area contributed by atoms with Crippen molar-refractivity contribution in [3.05, 3.63) is 63.7 Å². The van der Waals surface area contributed by atoms with Crippen LogP contribution in [0.3, 0.4) is 0 Å². The monoisotopic (exact) mass is 345 g/mol. The van der Waals surface area contributed by atoms with Crippen LogP contribution in [0.1, 0.15) is 5.56 Å². The van der Waals surface area contributed by atoms with Crippen LogP contribution >= 0.6 is 22.6 Å². The first-order valence-electron chi connectivity index (χ1n) is 5.86. The molecule has 0 aliphatic heterocycles. The maximum absolute atomic E-state index is 4.74. The number of pyridine rings is 1. The smallest absolute Gasteiger partial charge is 0.0720 e. The lowest BCUT2D eigenvalue weighted by Crippen LogP contribution is -1.88. The Kier molecular flexibility index (Phi) is 3.04. The van der Waals surface area contributed by atoms with E-state index >= 15 is 0 Å². The largest absolute Gasteiger partial charge is 0.248 e. The number of hydrogen-bond donors (Lipinski definition) is 0. The molecule has 0 saturated heterocycles. The van der Waals surface area contributed by atoms with E-state index in [1.165, 1.54) is 20.1 Å². The second-order valence-corrected chi connectivity index (χ2v) is 5.54. The van der Waals surface area contributed by atoms with E-state index in [1.807, 2.05) is 6.07 Å². The van der Waals surface area contributed by atoms with Crippen molar-refractivity contribution in [3.8, 4) is 11.3 Å². The van der Waals surface area contributed by atoms with E-state index in [0.29, 0.717) is 0 Å². The van der Waals surface area contributed by atoms with Gasteiger partial charge in [-0.1, -0.05) is 42.0 Å². The topological polar surface area (TPSA) is 12.9 Å². The Morgan fingerprint density at radius 3 is 2.61 bits per heavy atom. The SMILES string of the molecule is Cc1cccc(-c2cc(I)c3ccccc3n2)c1. The highest BCUT2D eigenvalue weighted by Crippen LogP contribution is 2.26. The maximum atomic E-state index is 4.74. The van der Waals surface area contributed by atoms with Gasteiger partial charge in [-0.05, 0) is 47.7 Å². The van der Waals surface area contributed by atoms with Crippen LogP contribution in [-0.2, 0) is 0 Å². The van der Waals surface area contributed by atoms with Gasteiger partial charge in [0.25, 0.3) is 0 Å². The fraction of sp³-hybridized carbons (Fsp3) is 0.0625. The number of halogens is 1. The average Bonchev–Trinajstić information content (AvgIpc) is 2.39. The van der Waals surface area contributed by atoms with E-state index < -0.39 is 0 Å². The summed E-state index contributed by atoms with van der Waals surface area (Å²) in [6.45, 7) is 2.11. The van der Waals surface area contributed by atoms with Crippen LogP contribution in [0.5, 0.6) is 0 Å². The Morgan fingerprint density at radius 2 is 1.78 bits per heavy atom. The molecule has 18 heavy (non-hydrogen) atoms. The third-order valence-electron chi connectivity index (χ3n) is 2.98. The highest BCUT2D eigenvalue weighted by Gasteiger charge is 2.05. The molecule has 2 heteroatoms. The molecule has 3 rings (SSSR count). The number of aromatic nitrogens is 1. The van der Waals surface area contributed by atoms with Crippen molar-refractivity contribution in [3.63, 3.8) is 0 Å². The molecule has 1 aromatic heterocycles. The Labute approximate surface area is 120 Å². The van der Waals surface area contributed by atoms with Crippen LogP contribution in [0.15, 0.2) is 54.6 Å². The number of aryl methyl sites for hydroxylation is 1. The van der Waals surface area contributed by atoms with Crippen molar-refractivity contribution in [2.75, 3.05) is 0 Å². The van der Waals surface area contributed by atoms with Gasteiger partial charge in [0, 0.05) is 14.5 Å². The fourth-order valence-corrected chi connectivity index (χ4v) is 2.84. The third kappa shape index (κ3) is 2.12. The molecule has 0 spiro atoms. The molecule has 1 nitrogen and oxygen atoms in total. The standard InChI is InChI=1S/C16H12IN/c1-11-5-4-6-12(9-11)16-10-14(17)13-7-2-3-8-15(13)18-16/h2-10H,1H3. The van der Waals surface area contributed by atoms with Gasteiger partial charge in [0.1, 0.15) is 0 Å². The Bertz CT molecular complexity index is 719. The van der Waals surface area contributed by atoms with Gasteiger partial charge in [0.2, 0.25) is 0 Å². The van der Waals surface area contributed by atoms with Gasteiger partial charge in [0.15, 0.2) is 0 Å². The number of hydrogen-bond acceptors (Lipinski definition) is 1. The number of fused-ring (bicyclic) bond motifs is 1. The highest BCUT2D eigenvalue weighted by atomic mass is 127. The van der Waals surface area contributed by atoms with Crippen LogP contribution < -0.4 is 0 Å². The van der Waals surface area contributed by atoms with Crippen molar-refractivity contribution < 1.29 is 0 Å². The van der Waals surface area contributed by atoms with E-state index in [4.69, 9.17) is 4.98 Å². The molecule has 0 atom stereocenters. The molecule has 0 radical (unpaired) electrons. The van der Waals surface area contributed by atoms with E-state index in [2.05, 4.69) is 78.0 Å². The van der Waals surface area contributed by atoms with Gasteiger partial charge >= 0.3 is 0 Å². The van der Waals surface area contributed by atoms with Gasteiger partial charge in [-0.25, -0.2) is 4.98 Å². The lowest BCUT2D eigenvalue weighted by Gasteiger charge is -2.06. The molecule has 0 saturated carbocycles. The van der Waals surface area contributed by atoms with Crippen LogP contribution in [0.25, 0.3) is 22.2 Å². The van der Waals surface area contributed by atoms with Crippen LogP contribution in [0.4, 0.5) is 0 Å². The minimum Gasteiger partial charge on any atom is -0.248 e. The van der Waals surface area contributed by atoms with Crippen LogP contribution in [-0.4, -0.2) is 4.98 Å². The van der Waals surface area contributed by atoms with E-state index in [-0.39, 0.29) is 0 Å². The maximum Gasteiger partial charge on any atom is 0.0720 e. The number of benzene rings is 2. The van der Waals surface area contributed by atoms with Crippen molar-refractivity contribution >= 4 is 33.5 Å². The van der Waals surface area contributed by atoms with Crippen molar-refractivity contribution in [2.45, 2.75) is 6.92 Å². The molecule has 3 aromatic rings. The number of rotatable bonds is 1. The first kappa shape index (κ1) is 11.7. The molecule has 0 amide bonds. The predicted molar refractivity (Wildman–Crippen MR) is 84.6 cm³/mol. The van der Waals surface area contributed by atoms with Crippen LogP contribution in [0.2, 0.25) is 0 Å². The molecule has 2 aromatic carbocycles. The normalized spacial score (nSPS) is 10.8. The van der Waals surface area contributed by atoms with Gasteiger partial charge in [-0.15, -0.1) is 0 Å².